The summed E-state index contributed by atoms with van der Waals surface area (Å²) in [4.78, 5) is 9.76. The summed E-state index contributed by atoms with van der Waals surface area (Å²) in [5, 5.41) is 71.9. The van der Waals surface area contributed by atoms with Crippen molar-refractivity contribution in [1.29, 1.82) is 0 Å². The number of hydrazone groups is 1. The second kappa shape index (κ2) is 12.6. The van der Waals surface area contributed by atoms with Crippen LogP contribution >= 0.6 is 0 Å². The molecule has 0 aromatic heterocycles. The van der Waals surface area contributed by atoms with Crippen LogP contribution in [0.25, 0.3) is 0 Å². The molecule has 11 heteroatoms. The van der Waals surface area contributed by atoms with E-state index in [1.807, 2.05) is 0 Å². The standard InChI is InChI=1S/C5H12N2O4.C5H10O5/c6-7-1-3(9)5(11)4(10)2-8;6-1-3(8)5(10)4(9)2-7/h1,3-5,8-11H,2,6H2;1,3-5,7-10H,2H2/b7-1+;/t2*3-,4+,5-/m00/s1. The Labute approximate surface area is 120 Å². The van der Waals surface area contributed by atoms with Crippen LogP contribution < -0.4 is 5.84 Å². The lowest BCUT2D eigenvalue weighted by atomic mass is 10.1. The summed E-state index contributed by atoms with van der Waals surface area (Å²) in [6.45, 7) is -1.32. The Hall–Kier alpha value is -1.18. The largest absolute Gasteiger partial charge is 0.394 e. The molecule has 11 nitrogen and oxygen atoms in total. The fraction of sp³-hybridized carbons (Fsp3) is 0.800. The third kappa shape index (κ3) is 9.38. The number of nitrogens with zero attached hydrogens (tertiary/aromatic N) is 1. The second-order valence-corrected chi connectivity index (χ2v) is 3.90. The molecule has 0 aromatic carbocycles. The van der Waals surface area contributed by atoms with Crippen LogP contribution in [0.4, 0.5) is 0 Å². The summed E-state index contributed by atoms with van der Waals surface area (Å²) in [6.07, 6.45) is -7.98. The van der Waals surface area contributed by atoms with Crippen LogP contribution in [0.15, 0.2) is 5.10 Å². The molecule has 0 spiro atoms. The van der Waals surface area contributed by atoms with Gasteiger partial charge in [-0.05, 0) is 0 Å². The lowest BCUT2D eigenvalue weighted by Crippen LogP contribution is -2.40. The molecule has 0 aromatic rings. The van der Waals surface area contributed by atoms with Gasteiger partial charge < -0.3 is 51.5 Å². The molecule has 0 heterocycles. The zero-order valence-corrected chi connectivity index (χ0v) is 11.0. The van der Waals surface area contributed by atoms with Crippen LogP contribution in [0.5, 0.6) is 0 Å². The highest BCUT2D eigenvalue weighted by molar-refractivity contribution is 5.63. The Balaban J connectivity index is 0. The average molecular weight is 314 g/mol. The van der Waals surface area contributed by atoms with Crippen LogP contribution in [0, 0.1) is 0 Å². The molecule has 0 fully saturated rings. The number of aldehydes is 1. The molecule has 0 saturated carbocycles. The van der Waals surface area contributed by atoms with E-state index in [1.165, 1.54) is 0 Å². The van der Waals surface area contributed by atoms with E-state index in [1.54, 1.807) is 0 Å². The van der Waals surface area contributed by atoms with Gasteiger partial charge in [-0.1, -0.05) is 0 Å². The Kier molecular flexibility index (Phi) is 13.2. The van der Waals surface area contributed by atoms with Crippen molar-refractivity contribution in [2.24, 2.45) is 10.9 Å². The van der Waals surface area contributed by atoms with Crippen molar-refractivity contribution >= 4 is 12.5 Å². The first-order valence-electron chi connectivity index (χ1n) is 5.75. The van der Waals surface area contributed by atoms with Crippen LogP contribution in [0.3, 0.4) is 0 Å². The Bertz CT molecular complexity index is 292. The monoisotopic (exact) mass is 314 g/mol. The number of aliphatic hydroxyl groups excluding tert-OH is 8. The minimum absolute atomic E-state index is 0.0869. The average Bonchev–Trinajstić information content (AvgIpc) is 2.51. The van der Waals surface area contributed by atoms with Gasteiger partial charge >= 0.3 is 0 Å². The third-order valence-corrected chi connectivity index (χ3v) is 2.24. The highest BCUT2D eigenvalue weighted by atomic mass is 16.4. The van der Waals surface area contributed by atoms with Gasteiger partial charge in [0.05, 0.1) is 19.4 Å². The van der Waals surface area contributed by atoms with E-state index >= 15 is 0 Å². The number of hydrogen-bond acceptors (Lipinski definition) is 11. The number of carbonyl (C=O) groups excluding carboxylic acids is 1. The number of rotatable bonds is 8. The zero-order chi connectivity index (χ0) is 17.0. The highest BCUT2D eigenvalue weighted by Gasteiger charge is 2.23. The second-order valence-electron chi connectivity index (χ2n) is 3.90. The first kappa shape index (κ1) is 22.1. The van der Waals surface area contributed by atoms with Crippen LogP contribution in [0.2, 0.25) is 0 Å². The molecule has 0 aliphatic heterocycles. The van der Waals surface area contributed by atoms with E-state index in [9.17, 15) is 4.79 Å². The van der Waals surface area contributed by atoms with Crippen molar-refractivity contribution in [3.05, 3.63) is 0 Å². The van der Waals surface area contributed by atoms with Crippen molar-refractivity contribution < 1.29 is 45.6 Å². The molecule has 10 N–H and O–H groups in total. The maximum atomic E-state index is 9.76. The first-order valence-corrected chi connectivity index (χ1v) is 5.75. The van der Waals surface area contributed by atoms with E-state index < -0.39 is 49.8 Å². The van der Waals surface area contributed by atoms with Gasteiger partial charge in [-0.15, -0.1) is 0 Å². The van der Waals surface area contributed by atoms with Crippen molar-refractivity contribution in [1.82, 2.24) is 0 Å². The Morgan fingerprint density at radius 3 is 1.52 bits per heavy atom. The number of carbonyl (C=O) groups is 1. The Morgan fingerprint density at radius 2 is 1.24 bits per heavy atom. The molecular weight excluding hydrogens is 292 g/mol. The topological polar surface area (TPSA) is 217 Å². The van der Waals surface area contributed by atoms with Crippen molar-refractivity contribution in [2.45, 2.75) is 36.6 Å². The van der Waals surface area contributed by atoms with Crippen LogP contribution in [-0.4, -0.2) is 103 Å². The van der Waals surface area contributed by atoms with Crippen LogP contribution in [0.1, 0.15) is 0 Å². The predicted octanol–water partition coefficient (Wildman–Crippen LogP) is -5.73. The van der Waals surface area contributed by atoms with Gasteiger partial charge in [0, 0.05) is 0 Å². The molecule has 0 amide bonds. The van der Waals surface area contributed by atoms with Gasteiger partial charge in [0.1, 0.15) is 36.6 Å². The van der Waals surface area contributed by atoms with Gasteiger partial charge in [0.25, 0.3) is 0 Å². The molecular formula is C10H22N2O9. The smallest absolute Gasteiger partial charge is 0.151 e. The lowest BCUT2D eigenvalue weighted by Gasteiger charge is -2.17. The van der Waals surface area contributed by atoms with Crippen molar-refractivity contribution in [3.63, 3.8) is 0 Å². The first-order chi connectivity index (χ1) is 9.76. The van der Waals surface area contributed by atoms with E-state index in [2.05, 4.69) is 10.9 Å². The molecule has 6 atom stereocenters. The molecule has 0 aliphatic carbocycles. The summed E-state index contributed by atoms with van der Waals surface area (Å²) in [7, 11) is 0. The van der Waals surface area contributed by atoms with Gasteiger partial charge in [0.15, 0.2) is 6.29 Å². The SMILES string of the molecule is N/N=C/[C@H](O)[C@H](O)[C@H](O)CO.O=C[C@H](O)[C@H](O)[C@H](O)CO. The van der Waals surface area contributed by atoms with E-state index in [0.717, 1.165) is 6.21 Å². The van der Waals surface area contributed by atoms with E-state index in [4.69, 9.17) is 40.9 Å². The minimum Gasteiger partial charge on any atom is -0.394 e. The fourth-order valence-electron chi connectivity index (χ4n) is 0.928. The molecule has 0 radical (unpaired) electrons. The molecule has 0 bridgehead atoms. The third-order valence-electron chi connectivity index (χ3n) is 2.24. The van der Waals surface area contributed by atoms with Crippen molar-refractivity contribution in [3.8, 4) is 0 Å². The Morgan fingerprint density at radius 1 is 0.857 bits per heavy atom. The number of aliphatic hydroxyl groups is 8. The van der Waals surface area contributed by atoms with Gasteiger partial charge in [-0.2, -0.15) is 5.10 Å². The summed E-state index contributed by atoms with van der Waals surface area (Å²) < 4.78 is 0. The lowest BCUT2D eigenvalue weighted by molar-refractivity contribution is -0.127. The molecule has 21 heavy (non-hydrogen) atoms. The normalized spacial score (nSPS) is 19.8. The van der Waals surface area contributed by atoms with E-state index in [-0.39, 0.29) is 6.29 Å². The molecule has 0 saturated heterocycles. The summed E-state index contributed by atoms with van der Waals surface area (Å²) >= 11 is 0. The molecule has 0 unspecified atom stereocenters. The summed E-state index contributed by atoms with van der Waals surface area (Å²) in [5.41, 5.74) is 0. The zero-order valence-electron chi connectivity index (χ0n) is 11.0. The molecule has 0 rings (SSSR count). The highest BCUT2D eigenvalue weighted by Crippen LogP contribution is 1.97. The van der Waals surface area contributed by atoms with Crippen LogP contribution in [-0.2, 0) is 4.79 Å². The van der Waals surface area contributed by atoms with Gasteiger partial charge in [-0.3, -0.25) is 0 Å². The number of nitrogens with two attached hydrogens (primary N) is 1. The summed E-state index contributed by atoms with van der Waals surface area (Å²) in [5.74, 6) is 4.66. The van der Waals surface area contributed by atoms with Gasteiger partial charge in [-0.25, -0.2) is 0 Å². The quantitative estimate of drug-likeness (QED) is 0.0894. The molecule has 0 aliphatic rings. The predicted molar refractivity (Wildman–Crippen MR) is 69.0 cm³/mol. The fourth-order valence-corrected chi connectivity index (χ4v) is 0.928. The van der Waals surface area contributed by atoms with E-state index in [0.29, 0.717) is 0 Å². The molecule has 126 valence electrons. The summed E-state index contributed by atoms with van der Waals surface area (Å²) in [6, 6.07) is 0. The van der Waals surface area contributed by atoms with Gasteiger partial charge in [0.2, 0.25) is 0 Å². The van der Waals surface area contributed by atoms with Crippen molar-refractivity contribution in [2.75, 3.05) is 13.2 Å². The maximum absolute atomic E-state index is 9.76. The minimum atomic E-state index is -1.64. The number of hydrogen-bond donors (Lipinski definition) is 9. The maximum Gasteiger partial charge on any atom is 0.151 e.